The molecule has 0 saturated carbocycles. The lowest BCUT2D eigenvalue weighted by Gasteiger charge is -2.33. The third-order valence-corrected chi connectivity index (χ3v) is 3.40. The molecular formula is C15H21N3O2. The summed E-state index contributed by atoms with van der Waals surface area (Å²) in [5.41, 5.74) is 0.941. The van der Waals surface area contributed by atoms with E-state index in [0.29, 0.717) is 6.54 Å². The van der Waals surface area contributed by atoms with Crippen LogP contribution in [-0.4, -0.2) is 42.4 Å². The Bertz CT molecular complexity index is 461. The molecule has 0 aromatic heterocycles. The summed E-state index contributed by atoms with van der Waals surface area (Å²) in [7, 11) is 0. The summed E-state index contributed by atoms with van der Waals surface area (Å²) in [6, 6.07) is 9.76. The number of likely N-dealkylation sites (tertiary alicyclic amines) is 1. The van der Waals surface area contributed by atoms with Crippen LogP contribution in [0.2, 0.25) is 0 Å². The largest absolute Gasteiger partial charge is 0.376 e. The fourth-order valence-electron chi connectivity index (χ4n) is 2.45. The number of rotatable bonds is 4. The average molecular weight is 275 g/mol. The molecule has 0 aliphatic carbocycles. The van der Waals surface area contributed by atoms with Gasteiger partial charge < -0.3 is 15.5 Å². The van der Waals surface area contributed by atoms with Gasteiger partial charge in [-0.05, 0) is 25.0 Å². The van der Waals surface area contributed by atoms with Crippen molar-refractivity contribution in [3.8, 4) is 0 Å². The molecule has 108 valence electrons. The van der Waals surface area contributed by atoms with Gasteiger partial charge in [-0.1, -0.05) is 18.2 Å². The molecule has 5 nitrogen and oxygen atoms in total. The SMILES string of the molecule is CC(=O)NC1CCCN(C(=O)CNc2ccccc2)C1. The van der Waals surface area contributed by atoms with Gasteiger partial charge in [-0.15, -0.1) is 0 Å². The van der Waals surface area contributed by atoms with Gasteiger partial charge >= 0.3 is 0 Å². The molecule has 2 N–H and O–H groups in total. The van der Waals surface area contributed by atoms with Crippen LogP contribution in [0.3, 0.4) is 0 Å². The average Bonchev–Trinajstić information content (AvgIpc) is 2.45. The van der Waals surface area contributed by atoms with Crippen molar-refractivity contribution in [3.63, 3.8) is 0 Å². The normalized spacial score (nSPS) is 18.4. The summed E-state index contributed by atoms with van der Waals surface area (Å²) in [5, 5.41) is 6.01. The van der Waals surface area contributed by atoms with E-state index in [9.17, 15) is 9.59 Å². The zero-order valence-electron chi connectivity index (χ0n) is 11.8. The van der Waals surface area contributed by atoms with Gasteiger partial charge in [0.05, 0.1) is 6.54 Å². The van der Waals surface area contributed by atoms with Gasteiger partial charge in [-0.3, -0.25) is 9.59 Å². The molecule has 1 aromatic rings. The van der Waals surface area contributed by atoms with Crippen molar-refractivity contribution in [2.75, 3.05) is 25.0 Å². The van der Waals surface area contributed by atoms with Crippen molar-refractivity contribution < 1.29 is 9.59 Å². The lowest BCUT2D eigenvalue weighted by atomic mass is 10.1. The van der Waals surface area contributed by atoms with Crippen LogP contribution < -0.4 is 10.6 Å². The van der Waals surface area contributed by atoms with E-state index >= 15 is 0 Å². The van der Waals surface area contributed by atoms with Gasteiger partial charge in [0.1, 0.15) is 0 Å². The van der Waals surface area contributed by atoms with Crippen molar-refractivity contribution in [1.82, 2.24) is 10.2 Å². The lowest BCUT2D eigenvalue weighted by Crippen LogP contribution is -2.50. The number of anilines is 1. The van der Waals surface area contributed by atoms with Crippen molar-refractivity contribution in [3.05, 3.63) is 30.3 Å². The molecule has 1 fully saturated rings. The van der Waals surface area contributed by atoms with Gasteiger partial charge in [-0.25, -0.2) is 0 Å². The van der Waals surface area contributed by atoms with Crippen molar-refractivity contribution in [2.45, 2.75) is 25.8 Å². The smallest absolute Gasteiger partial charge is 0.241 e. The van der Waals surface area contributed by atoms with Crippen molar-refractivity contribution >= 4 is 17.5 Å². The van der Waals surface area contributed by atoms with Crippen LogP contribution in [0.4, 0.5) is 5.69 Å². The number of benzene rings is 1. The highest BCUT2D eigenvalue weighted by molar-refractivity contribution is 5.81. The Morgan fingerprint density at radius 1 is 1.30 bits per heavy atom. The van der Waals surface area contributed by atoms with E-state index in [0.717, 1.165) is 25.1 Å². The molecule has 1 unspecified atom stereocenters. The number of piperidine rings is 1. The van der Waals surface area contributed by atoms with E-state index in [1.807, 2.05) is 35.2 Å². The topological polar surface area (TPSA) is 61.4 Å². The zero-order chi connectivity index (χ0) is 14.4. The Morgan fingerprint density at radius 2 is 2.05 bits per heavy atom. The molecule has 1 heterocycles. The Balaban J connectivity index is 1.81. The summed E-state index contributed by atoms with van der Waals surface area (Å²) in [6.07, 6.45) is 1.87. The molecule has 5 heteroatoms. The highest BCUT2D eigenvalue weighted by atomic mass is 16.2. The molecule has 0 spiro atoms. The highest BCUT2D eigenvalue weighted by Gasteiger charge is 2.23. The van der Waals surface area contributed by atoms with E-state index in [1.165, 1.54) is 6.92 Å². The number of hydrogen-bond donors (Lipinski definition) is 2. The van der Waals surface area contributed by atoms with Crippen LogP contribution in [0.25, 0.3) is 0 Å². The second-order valence-electron chi connectivity index (χ2n) is 5.10. The van der Waals surface area contributed by atoms with Gasteiger partial charge in [-0.2, -0.15) is 0 Å². The first-order valence-electron chi connectivity index (χ1n) is 6.99. The summed E-state index contributed by atoms with van der Waals surface area (Å²) in [4.78, 5) is 25.0. The van der Waals surface area contributed by atoms with Gasteiger partial charge in [0.25, 0.3) is 0 Å². The van der Waals surface area contributed by atoms with Crippen LogP contribution in [-0.2, 0) is 9.59 Å². The number of para-hydroxylation sites is 1. The Hall–Kier alpha value is -2.04. The lowest BCUT2D eigenvalue weighted by molar-refractivity contribution is -0.131. The molecule has 20 heavy (non-hydrogen) atoms. The first-order chi connectivity index (χ1) is 9.65. The summed E-state index contributed by atoms with van der Waals surface area (Å²) in [5.74, 6) is 0.0376. The van der Waals surface area contributed by atoms with E-state index in [2.05, 4.69) is 10.6 Å². The van der Waals surface area contributed by atoms with Crippen LogP contribution >= 0.6 is 0 Å². The number of carbonyl (C=O) groups is 2. The zero-order valence-corrected chi connectivity index (χ0v) is 11.8. The molecule has 1 aliphatic rings. The Kier molecular flexibility index (Phi) is 4.98. The number of nitrogens with zero attached hydrogens (tertiary/aromatic N) is 1. The molecule has 2 rings (SSSR count). The molecule has 1 aliphatic heterocycles. The third kappa shape index (κ3) is 4.26. The molecule has 1 atom stereocenters. The molecule has 1 aromatic carbocycles. The van der Waals surface area contributed by atoms with E-state index in [1.54, 1.807) is 0 Å². The second kappa shape index (κ2) is 6.93. The van der Waals surface area contributed by atoms with Crippen molar-refractivity contribution in [1.29, 1.82) is 0 Å². The Labute approximate surface area is 119 Å². The van der Waals surface area contributed by atoms with E-state index in [-0.39, 0.29) is 24.4 Å². The number of hydrogen-bond acceptors (Lipinski definition) is 3. The fourth-order valence-corrected chi connectivity index (χ4v) is 2.45. The van der Waals surface area contributed by atoms with Crippen LogP contribution in [0, 0.1) is 0 Å². The maximum atomic E-state index is 12.2. The second-order valence-corrected chi connectivity index (χ2v) is 5.10. The van der Waals surface area contributed by atoms with Crippen LogP contribution in [0.5, 0.6) is 0 Å². The summed E-state index contributed by atoms with van der Waals surface area (Å²) < 4.78 is 0. The first kappa shape index (κ1) is 14.4. The van der Waals surface area contributed by atoms with Gasteiger partial charge in [0.15, 0.2) is 0 Å². The van der Waals surface area contributed by atoms with Gasteiger partial charge in [0.2, 0.25) is 11.8 Å². The van der Waals surface area contributed by atoms with E-state index in [4.69, 9.17) is 0 Å². The maximum Gasteiger partial charge on any atom is 0.241 e. The van der Waals surface area contributed by atoms with Crippen molar-refractivity contribution in [2.24, 2.45) is 0 Å². The number of amides is 2. The van der Waals surface area contributed by atoms with Crippen LogP contribution in [0.15, 0.2) is 30.3 Å². The Morgan fingerprint density at radius 3 is 2.75 bits per heavy atom. The number of nitrogens with one attached hydrogen (secondary N) is 2. The predicted octanol–water partition coefficient (Wildman–Crippen LogP) is 1.23. The predicted molar refractivity (Wildman–Crippen MR) is 78.4 cm³/mol. The molecular weight excluding hydrogens is 254 g/mol. The maximum absolute atomic E-state index is 12.2. The summed E-state index contributed by atoms with van der Waals surface area (Å²) in [6.45, 7) is 3.18. The third-order valence-electron chi connectivity index (χ3n) is 3.40. The minimum Gasteiger partial charge on any atom is -0.376 e. The fraction of sp³-hybridized carbons (Fsp3) is 0.467. The molecule has 0 bridgehead atoms. The van der Waals surface area contributed by atoms with E-state index < -0.39 is 0 Å². The minimum absolute atomic E-state index is 0.0355. The highest BCUT2D eigenvalue weighted by Crippen LogP contribution is 2.11. The van der Waals surface area contributed by atoms with Gasteiger partial charge in [0, 0.05) is 31.7 Å². The first-order valence-corrected chi connectivity index (χ1v) is 6.99. The molecule has 1 saturated heterocycles. The van der Waals surface area contributed by atoms with Crippen LogP contribution in [0.1, 0.15) is 19.8 Å². The monoisotopic (exact) mass is 275 g/mol. The quantitative estimate of drug-likeness (QED) is 0.868. The standard InChI is InChI=1S/C15H21N3O2/c1-12(19)17-14-8-5-9-18(11-14)15(20)10-16-13-6-3-2-4-7-13/h2-4,6-7,14,16H,5,8-11H2,1H3,(H,17,19). The minimum atomic E-state index is -0.0355. The summed E-state index contributed by atoms with van der Waals surface area (Å²) >= 11 is 0. The number of carbonyl (C=O) groups excluding carboxylic acids is 2. The molecule has 2 amide bonds. The molecule has 0 radical (unpaired) electrons.